The Balaban J connectivity index is 1.50. The molecule has 1 spiro atoms. The van der Waals surface area contributed by atoms with Crippen LogP contribution in [0.2, 0.25) is 0 Å². The maximum atomic E-state index is 12.7. The van der Waals surface area contributed by atoms with Crippen LogP contribution in [0.4, 0.5) is 0 Å². The molecular formula is C21H27N3O5. The molecule has 3 aliphatic heterocycles. The molecule has 2 fully saturated rings. The van der Waals surface area contributed by atoms with E-state index in [4.69, 9.17) is 9.47 Å². The number of hydrogen-bond acceptors (Lipinski definition) is 5. The maximum Gasteiger partial charge on any atom is 0.255 e. The van der Waals surface area contributed by atoms with Crippen molar-refractivity contribution in [3.63, 3.8) is 0 Å². The third kappa shape index (κ3) is 4.02. The van der Waals surface area contributed by atoms with E-state index in [9.17, 15) is 14.4 Å². The molecule has 0 aliphatic carbocycles. The summed E-state index contributed by atoms with van der Waals surface area (Å²) in [5, 5.41) is 2.93. The Kier molecular flexibility index (Phi) is 5.34. The number of likely N-dealkylation sites (tertiary alicyclic amines) is 2. The number of hydrogen-bond donors (Lipinski definition) is 1. The zero-order chi connectivity index (χ0) is 20.4. The lowest BCUT2D eigenvalue weighted by atomic mass is 9.94. The van der Waals surface area contributed by atoms with Crippen molar-refractivity contribution in [1.82, 2.24) is 15.1 Å². The molecule has 2 saturated heterocycles. The molecule has 3 aliphatic rings. The van der Waals surface area contributed by atoms with Gasteiger partial charge in [0.15, 0.2) is 0 Å². The van der Waals surface area contributed by atoms with E-state index < -0.39 is 5.60 Å². The smallest absolute Gasteiger partial charge is 0.255 e. The molecule has 3 heterocycles. The SMILES string of the molecule is COc1ccc2c(c1)O[C@@]1(CCC(=O)N(CC(=O)N3CCCC3)CC1)CNC2=O. The van der Waals surface area contributed by atoms with E-state index in [-0.39, 0.29) is 30.7 Å². The van der Waals surface area contributed by atoms with Crippen LogP contribution < -0.4 is 14.8 Å². The van der Waals surface area contributed by atoms with Gasteiger partial charge in [-0.15, -0.1) is 0 Å². The number of methoxy groups -OCH3 is 1. The summed E-state index contributed by atoms with van der Waals surface area (Å²) in [4.78, 5) is 41.1. The number of carbonyl (C=O) groups excluding carboxylic acids is 3. The molecule has 0 radical (unpaired) electrons. The van der Waals surface area contributed by atoms with Crippen molar-refractivity contribution in [2.75, 3.05) is 39.8 Å². The Morgan fingerprint density at radius 2 is 2.00 bits per heavy atom. The number of rotatable bonds is 3. The predicted octanol–water partition coefficient (Wildman–Crippen LogP) is 1.19. The van der Waals surface area contributed by atoms with Gasteiger partial charge in [0.25, 0.3) is 5.91 Å². The highest BCUT2D eigenvalue weighted by atomic mass is 16.5. The van der Waals surface area contributed by atoms with Crippen LogP contribution in [-0.4, -0.2) is 73.0 Å². The zero-order valence-electron chi connectivity index (χ0n) is 16.7. The molecule has 0 bridgehead atoms. The van der Waals surface area contributed by atoms with Gasteiger partial charge >= 0.3 is 0 Å². The normalized spacial score (nSPS) is 24.4. The minimum Gasteiger partial charge on any atom is -0.497 e. The molecule has 0 saturated carbocycles. The summed E-state index contributed by atoms with van der Waals surface area (Å²) in [5.41, 5.74) is -0.228. The Hall–Kier alpha value is -2.77. The largest absolute Gasteiger partial charge is 0.497 e. The van der Waals surface area contributed by atoms with Gasteiger partial charge < -0.3 is 24.6 Å². The summed E-state index contributed by atoms with van der Waals surface area (Å²) in [7, 11) is 1.56. The highest BCUT2D eigenvalue weighted by molar-refractivity contribution is 5.97. The lowest BCUT2D eigenvalue weighted by Gasteiger charge is -2.32. The summed E-state index contributed by atoms with van der Waals surface area (Å²) >= 11 is 0. The predicted molar refractivity (Wildman–Crippen MR) is 105 cm³/mol. The van der Waals surface area contributed by atoms with Gasteiger partial charge in [0.1, 0.15) is 17.1 Å². The van der Waals surface area contributed by atoms with Crippen molar-refractivity contribution >= 4 is 17.7 Å². The van der Waals surface area contributed by atoms with E-state index in [0.29, 0.717) is 43.0 Å². The second-order valence-electron chi connectivity index (χ2n) is 7.98. The highest BCUT2D eigenvalue weighted by Crippen LogP contribution is 2.35. The molecule has 3 amide bonds. The second kappa shape index (κ2) is 7.93. The van der Waals surface area contributed by atoms with Crippen LogP contribution in [0, 0.1) is 0 Å². The number of fused-ring (bicyclic) bond motifs is 1. The first-order valence-corrected chi connectivity index (χ1v) is 10.2. The van der Waals surface area contributed by atoms with E-state index in [1.54, 1.807) is 30.2 Å². The lowest BCUT2D eigenvalue weighted by molar-refractivity contribution is -0.139. The van der Waals surface area contributed by atoms with Crippen molar-refractivity contribution in [2.24, 2.45) is 0 Å². The van der Waals surface area contributed by atoms with Gasteiger partial charge in [0.05, 0.1) is 25.8 Å². The zero-order valence-corrected chi connectivity index (χ0v) is 16.7. The van der Waals surface area contributed by atoms with Crippen LogP contribution in [-0.2, 0) is 9.59 Å². The molecule has 29 heavy (non-hydrogen) atoms. The monoisotopic (exact) mass is 401 g/mol. The standard InChI is InChI=1S/C21H27N3O5/c1-28-15-4-5-16-17(12-15)29-21(14-22-20(16)27)7-6-18(25)24(11-8-21)13-19(26)23-9-2-3-10-23/h4-5,12H,2-3,6-11,13-14H2,1H3,(H,22,27)/t21-/m1/s1. The average molecular weight is 401 g/mol. The van der Waals surface area contributed by atoms with Crippen LogP contribution in [0.5, 0.6) is 11.5 Å². The molecule has 1 N–H and O–H groups in total. The average Bonchev–Trinajstić information content (AvgIpc) is 3.18. The Morgan fingerprint density at radius 1 is 1.21 bits per heavy atom. The van der Waals surface area contributed by atoms with Gasteiger partial charge in [-0.2, -0.15) is 0 Å². The van der Waals surface area contributed by atoms with Gasteiger partial charge in [0, 0.05) is 38.5 Å². The summed E-state index contributed by atoms with van der Waals surface area (Å²) in [5.74, 6) is 0.845. The topological polar surface area (TPSA) is 88.2 Å². The summed E-state index contributed by atoms with van der Waals surface area (Å²) in [6.07, 6.45) is 3.36. The third-order valence-electron chi connectivity index (χ3n) is 6.10. The number of nitrogens with one attached hydrogen (secondary N) is 1. The van der Waals surface area contributed by atoms with Gasteiger partial charge in [-0.25, -0.2) is 0 Å². The molecule has 156 valence electrons. The first-order valence-electron chi connectivity index (χ1n) is 10.2. The Bertz CT molecular complexity index is 821. The summed E-state index contributed by atoms with van der Waals surface area (Å²) in [6.45, 7) is 2.42. The van der Waals surface area contributed by atoms with Crippen molar-refractivity contribution in [3.05, 3.63) is 23.8 Å². The molecular weight excluding hydrogens is 374 g/mol. The van der Waals surface area contributed by atoms with Crippen molar-refractivity contribution in [2.45, 2.75) is 37.7 Å². The van der Waals surface area contributed by atoms with E-state index in [1.807, 2.05) is 4.90 Å². The number of amides is 3. The van der Waals surface area contributed by atoms with Gasteiger partial charge in [-0.05, 0) is 31.4 Å². The van der Waals surface area contributed by atoms with Crippen LogP contribution in [0.15, 0.2) is 18.2 Å². The van der Waals surface area contributed by atoms with Crippen LogP contribution in [0.1, 0.15) is 42.5 Å². The number of carbonyl (C=O) groups is 3. The minimum absolute atomic E-state index is 0.0111. The van der Waals surface area contributed by atoms with Crippen molar-refractivity contribution in [1.29, 1.82) is 0 Å². The van der Waals surface area contributed by atoms with Crippen molar-refractivity contribution in [3.8, 4) is 11.5 Å². The number of ether oxygens (including phenoxy) is 2. The molecule has 1 aromatic carbocycles. The summed E-state index contributed by atoms with van der Waals surface area (Å²) < 4.78 is 11.6. The quantitative estimate of drug-likeness (QED) is 0.822. The first-order chi connectivity index (χ1) is 14.0. The summed E-state index contributed by atoms with van der Waals surface area (Å²) in [6, 6.07) is 5.12. The van der Waals surface area contributed by atoms with Crippen molar-refractivity contribution < 1.29 is 23.9 Å². The highest BCUT2D eigenvalue weighted by Gasteiger charge is 2.41. The second-order valence-corrected chi connectivity index (χ2v) is 7.98. The fraction of sp³-hybridized carbons (Fsp3) is 0.571. The van der Waals surface area contributed by atoms with Gasteiger partial charge in [-0.1, -0.05) is 0 Å². The van der Waals surface area contributed by atoms with Crippen LogP contribution in [0.3, 0.4) is 0 Å². The fourth-order valence-corrected chi connectivity index (χ4v) is 4.26. The van der Waals surface area contributed by atoms with Gasteiger partial charge in [-0.3, -0.25) is 14.4 Å². The Labute approximate surface area is 170 Å². The lowest BCUT2D eigenvalue weighted by Crippen LogP contribution is -2.46. The molecule has 8 nitrogen and oxygen atoms in total. The first kappa shape index (κ1) is 19.5. The van der Waals surface area contributed by atoms with Crippen LogP contribution >= 0.6 is 0 Å². The molecule has 4 rings (SSSR count). The fourth-order valence-electron chi connectivity index (χ4n) is 4.26. The number of benzene rings is 1. The van der Waals surface area contributed by atoms with E-state index in [0.717, 1.165) is 25.9 Å². The van der Waals surface area contributed by atoms with E-state index in [1.165, 1.54) is 0 Å². The molecule has 0 unspecified atom stereocenters. The number of nitrogens with zero attached hydrogens (tertiary/aromatic N) is 2. The van der Waals surface area contributed by atoms with E-state index >= 15 is 0 Å². The van der Waals surface area contributed by atoms with Gasteiger partial charge in [0.2, 0.25) is 11.8 Å². The molecule has 1 aromatic rings. The Morgan fingerprint density at radius 3 is 2.76 bits per heavy atom. The maximum absolute atomic E-state index is 12.7. The minimum atomic E-state index is -0.686. The van der Waals surface area contributed by atoms with Crippen LogP contribution in [0.25, 0.3) is 0 Å². The molecule has 8 heteroatoms. The molecule has 0 aromatic heterocycles. The molecule has 1 atom stereocenters. The van der Waals surface area contributed by atoms with E-state index in [2.05, 4.69) is 5.32 Å². The third-order valence-corrected chi connectivity index (χ3v) is 6.10.